The van der Waals surface area contributed by atoms with E-state index < -0.39 is 17.1 Å². The molecule has 0 bridgehead atoms. The van der Waals surface area contributed by atoms with Crippen LogP contribution in [0.3, 0.4) is 0 Å². The van der Waals surface area contributed by atoms with Gasteiger partial charge in [0.1, 0.15) is 17.1 Å². The third-order valence-electron chi connectivity index (χ3n) is 3.93. The van der Waals surface area contributed by atoms with Crippen LogP contribution < -0.4 is 4.72 Å². The maximum absolute atomic E-state index is 13.8. The van der Waals surface area contributed by atoms with Crippen LogP contribution in [-0.4, -0.2) is 13.7 Å². The van der Waals surface area contributed by atoms with Gasteiger partial charge in [0.25, 0.3) is 11.3 Å². The lowest BCUT2D eigenvalue weighted by atomic mass is 10.0. The Bertz CT molecular complexity index is 1110. The molecule has 136 valence electrons. The van der Waals surface area contributed by atoms with Crippen LogP contribution in [-0.2, 0) is 11.3 Å². The van der Waals surface area contributed by atoms with Crippen LogP contribution >= 0.6 is 11.3 Å². The molecule has 5 nitrogen and oxygen atoms in total. The zero-order valence-electron chi connectivity index (χ0n) is 13.8. The van der Waals surface area contributed by atoms with E-state index in [0.29, 0.717) is 0 Å². The molecule has 2 aromatic heterocycles. The Hall–Kier alpha value is -2.81. The molecule has 1 unspecified atom stereocenters. The molecule has 0 aliphatic heterocycles. The van der Waals surface area contributed by atoms with Crippen molar-refractivity contribution >= 4 is 28.3 Å². The van der Waals surface area contributed by atoms with Gasteiger partial charge in [0.05, 0.1) is 17.6 Å². The highest BCUT2D eigenvalue weighted by molar-refractivity contribution is 7.80. The molecule has 0 radical (unpaired) electrons. The molecule has 0 saturated carbocycles. The first kappa shape index (κ1) is 17.6. The molecule has 2 N–H and O–H groups in total. The molecule has 4 aromatic rings. The van der Waals surface area contributed by atoms with Crippen LogP contribution in [0.1, 0.15) is 0 Å². The molecule has 2 aromatic carbocycles. The van der Waals surface area contributed by atoms with E-state index in [0.717, 1.165) is 33.0 Å². The first-order valence-electron chi connectivity index (χ1n) is 7.86. The second-order valence-electron chi connectivity index (χ2n) is 5.68. The number of benzene rings is 2. The van der Waals surface area contributed by atoms with Gasteiger partial charge in [0, 0.05) is 16.5 Å². The molecule has 27 heavy (non-hydrogen) atoms. The molecule has 4 rings (SSSR count). The SMILES string of the molecule is O=S(O)Nc1cc(-c2cccc(-c3csc(-c4ccoc4)n3)c2)ccc1F. The Morgan fingerprint density at radius 1 is 1.07 bits per heavy atom. The number of halogens is 1. The summed E-state index contributed by atoms with van der Waals surface area (Å²) in [7, 11) is 0. The van der Waals surface area contributed by atoms with E-state index >= 15 is 0 Å². The standard InChI is InChI=1S/C19H13FN2O3S2/c20-16-5-4-13(9-17(16)22-27(23)24)12-2-1-3-14(8-12)18-11-26-19(21-18)15-6-7-25-10-15/h1-11,22H,(H,23,24). The lowest BCUT2D eigenvalue weighted by molar-refractivity contribution is 0.568. The van der Waals surface area contributed by atoms with Crippen LogP contribution in [0.15, 0.2) is 70.9 Å². The number of nitrogens with zero attached hydrogens (tertiary/aromatic N) is 1. The monoisotopic (exact) mass is 400 g/mol. The first-order valence-corrected chi connectivity index (χ1v) is 9.85. The largest absolute Gasteiger partial charge is 0.472 e. The summed E-state index contributed by atoms with van der Waals surface area (Å²) in [6.07, 6.45) is 3.26. The van der Waals surface area contributed by atoms with Crippen LogP contribution in [0, 0.1) is 5.82 Å². The van der Waals surface area contributed by atoms with Crippen LogP contribution in [0.5, 0.6) is 0 Å². The van der Waals surface area contributed by atoms with E-state index in [-0.39, 0.29) is 5.69 Å². The van der Waals surface area contributed by atoms with Gasteiger partial charge in [0.2, 0.25) is 0 Å². The lowest BCUT2D eigenvalue weighted by Gasteiger charge is -2.08. The van der Waals surface area contributed by atoms with Gasteiger partial charge in [0.15, 0.2) is 0 Å². The minimum absolute atomic E-state index is 0.0327. The smallest absolute Gasteiger partial charge is 0.259 e. The van der Waals surface area contributed by atoms with Gasteiger partial charge in [-0.3, -0.25) is 9.27 Å². The number of aromatic nitrogens is 1. The van der Waals surface area contributed by atoms with Gasteiger partial charge in [-0.25, -0.2) is 13.6 Å². The van der Waals surface area contributed by atoms with E-state index in [2.05, 4.69) is 9.71 Å². The van der Waals surface area contributed by atoms with E-state index in [1.54, 1.807) is 18.6 Å². The van der Waals surface area contributed by atoms with E-state index in [1.807, 2.05) is 35.7 Å². The molecule has 1 atom stereocenters. The first-order chi connectivity index (χ1) is 13.1. The summed E-state index contributed by atoms with van der Waals surface area (Å²) >= 11 is -0.821. The van der Waals surface area contributed by atoms with Crippen LogP contribution in [0.4, 0.5) is 10.1 Å². The summed E-state index contributed by atoms with van der Waals surface area (Å²) in [6.45, 7) is 0. The number of furan rings is 1. The van der Waals surface area contributed by atoms with Gasteiger partial charge in [-0.05, 0) is 35.4 Å². The maximum Gasteiger partial charge on any atom is 0.259 e. The molecule has 0 fully saturated rings. The summed E-state index contributed by atoms with van der Waals surface area (Å²) in [6, 6.07) is 13.9. The quantitative estimate of drug-likeness (QED) is 0.438. The number of hydrogen-bond acceptors (Lipinski definition) is 4. The molecule has 0 aliphatic rings. The summed E-state index contributed by atoms with van der Waals surface area (Å²) < 4.78 is 41.0. The fraction of sp³-hybridized carbons (Fsp3) is 0. The summed E-state index contributed by atoms with van der Waals surface area (Å²) in [5.74, 6) is -0.596. The van der Waals surface area contributed by atoms with Crippen molar-refractivity contribution in [2.75, 3.05) is 4.72 Å². The number of hydrogen-bond donors (Lipinski definition) is 2. The molecule has 2 heterocycles. The van der Waals surface area contributed by atoms with Crippen LogP contribution in [0.25, 0.3) is 33.0 Å². The predicted octanol–water partition coefficient (Wildman–Crippen LogP) is 5.42. The molecule has 0 spiro atoms. The maximum atomic E-state index is 13.8. The average molecular weight is 400 g/mol. The Kier molecular flexibility index (Phi) is 4.85. The average Bonchev–Trinajstić information content (AvgIpc) is 3.35. The highest BCUT2D eigenvalue weighted by Gasteiger charge is 2.10. The fourth-order valence-corrected chi connectivity index (χ4v) is 3.82. The number of thiazole rings is 1. The summed E-state index contributed by atoms with van der Waals surface area (Å²) in [5.41, 5.74) is 4.20. The molecule has 0 amide bonds. The zero-order chi connectivity index (χ0) is 18.8. The van der Waals surface area contributed by atoms with Crippen LogP contribution in [0.2, 0.25) is 0 Å². The van der Waals surface area contributed by atoms with E-state index in [9.17, 15) is 8.60 Å². The predicted molar refractivity (Wildman–Crippen MR) is 105 cm³/mol. The number of anilines is 1. The van der Waals surface area contributed by atoms with Crippen molar-refractivity contribution < 1.29 is 17.6 Å². The highest BCUT2D eigenvalue weighted by atomic mass is 32.2. The van der Waals surface area contributed by atoms with Crippen molar-refractivity contribution in [3.05, 3.63) is 72.3 Å². The van der Waals surface area contributed by atoms with Crippen molar-refractivity contribution in [1.29, 1.82) is 0 Å². The Balaban J connectivity index is 1.68. The Morgan fingerprint density at radius 2 is 1.89 bits per heavy atom. The second kappa shape index (κ2) is 7.43. The topological polar surface area (TPSA) is 75.4 Å². The normalized spacial score (nSPS) is 12.1. The third kappa shape index (κ3) is 3.82. The van der Waals surface area contributed by atoms with Gasteiger partial charge >= 0.3 is 0 Å². The van der Waals surface area contributed by atoms with Crippen molar-refractivity contribution in [3.8, 4) is 33.0 Å². The minimum Gasteiger partial charge on any atom is -0.472 e. The number of rotatable bonds is 5. The van der Waals surface area contributed by atoms with Gasteiger partial charge < -0.3 is 4.42 Å². The molecule has 0 saturated heterocycles. The third-order valence-corrected chi connectivity index (χ3v) is 5.21. The molecule has 8 heteroatoms. The van der Waals surface area contributed by atoms with Gasteiger partial charge in [-0.1, -0.05) is 24.3 Å². The molecular formula is C19H13FN2O3S2. The Morgan fingerprint density at radius 3 is 2.67 bits per heavy atom. The van der Waals surface area contributed by atoms with Gasteiger partial charge in [-0.15, -0.1) is 11.3 Å². The van der Waals surface area contributed by atoms with Crippen molar-refractivity contribution in [3.63, 3.8) is 0 Å². The summed E-state index contributed by atoms with van der Waals surface area (Å²) in [4.78, 5) is 4.64. The molecule has 0 aliphatic carbocycles. The summed E-state index contributed by atoms with van der Waals surface area (Å²) in [5, 5.41) is 2.83. The fourth-order valence-electron chi connectivity index (χ4n) is 2.66. The minimum atomic E-state index is -2.34. The van der Waals surface area contributed by atoms with E-state index in [4.69, 9.17) is 8.97 Å². The second-order valence-corrected chi connectivity index (χ2v) is 7.24. The number of nitrogens with one attached hydrogen (secondary N) is 1. The van der Waals surface area contributed by atoms with Gasteiger partial charge in [-0.2, -0.15) is 0 Å². The Labute approximate surface area is 160 Å². The zero-order valence-corrected chi connectivity index (χ0v) is 15.4. The lowest BCUT2D eigenvalue weighted by Crippen LogP contribution is -2.03. The van der Waals surface area contributed by atoms with Crippen molar-refractivity contribution in [2.24, 2.45) is 0 Å². The van der Waals surface area contributed by atoms with Crippen molar-refractivity contribution in [2.45, 2.75) is 0 Å². The van der Waals surface area contributed by atoms with E-state index in [1.165, 1.54) is 23.5 Å². The highest BCUT2D eigenvalue weighted by Crippen LogP contribution is 2.32. The van der Waals surface area contributed by atoms with Crippen molar-refractivity contribution in [1.82, 2.24) is 4.98 Å². The molecular weight excluding hydrogens is 387 g/mol.